The van der Waals surface area contributed by atoms with Crippen molar-refractivity contribution in [2.24, 2.45) is 17.8 Å². The number of hydrogen-bond acceptors (Lipinski definition) is 12. The molecule has 0 radical (unpaired) electrons. The lowest BCUT2D eigenvalue weighted by Gasteiger charge is -2.50. The molecular weight excluding hydrogens is 690 g/mol. The van der Waals surface area contributed by atoms with Gasteiger partial charge in [-0.3, -0.25) is 14.5 Å². The standard InChI is InChI=1S/C21H26N2O3.C19H21N5O4/c1-26-21(25)19-15-10-17-20-14(13-4-2-3-5-16(13)22-20)8-9-23(17)11-12(15)6-7-18(19)24;1-26-15-10-12-13(11-16(15)27-2)21-19(22-17(12)20)24-7-5-23(6-8-24)18(25)14-4-3-9-28-14/h2-5,12,15,17-19,22,24H,6-11H2,1H3;3-4,9-11H,5-8H2,1-2H3,(H2,20,21,22)/t12-,15-,17-,18-,19+;/m0./s1. The molecule has 284 valence electrons. The van der Waals surface area contributed by atoms with Crippen molar-refractivity contribution in [1.82, 2.24) is 24.8 Å². The van der Waals surface area contributed by atoms with Gasteiger partial charge in [-0.2, -0.15) is 4.98 Å². The largest absolute Gasteiger partial charge is 0.493 e. The number of piperidine rings is 1. The van der Waals surface area contributed by atoms with Crippen molar-refractivity contribution in [2.75, 3.05) is 71.2 Å². The first-order chi connectivity index (χ1) is 26.3. The summed E-state index contributed by atoms with van der Waals surface area (Å²) in [4.78, 5) is 43.9. The van der Waals surface area contributed by atoms with Gasteiger partial charge in [-0.15, -0.1) is 0 Å². The molecule has 1 amide bonds. The number of carbonyl (C=O) groups is 2. The molecule has 2 aromatic carbocycles. The molecule has 1 aliphatic carbocycles. The lowest BCUT2D eigenvalue weighted by Crippen LogP contribution is -2.53. The van der Waals surface area contributed by atoms with E-state index in [2.05, 4.69) is 44.1 Å². The van der Waals surface area contributed by atoms with Crippen LogP contribution in [0.2, 0.25) is 0 Å². The number of nitrogens with zero attached hydrogens (tertiary/aromatic N) is 5. The number of para-hydroxylation sites is 1. The molecule has 3 aromatic heterocycles. The highest BCUT2D eigenvalue weighted by Crippen LogP contribution is 2.49. The maximum absolute atomic E-state index is 12.4. The minimum Gasteiger partial charge on any atom is -0.493 e. The third kappa shape index (κ3) is 6.47. The van der Waals surface area contributed by atoms with Crippen molar-refractivity contribution in [3.63, 3.8) is 0 Å². The van der Waals surface area contributed by atoms with Gasteiger partial charge in [0.15, 0.2) is 17.3 Å². The van der Waals surface area contributed by atoms with Crippen molar-refractivity contribution in [3.8, 4) is 11.5 Å². The zero-order valence-electron chi connectivity index (χ0n) is 30.9. The lowest BCUT2D eigenvalue weighted by molar-refractivity contribution is -0.160. The number of anilines is 2. The smallest absolute Gasteiger partial charge is 0.311 e. The van der Waals surface area contributed by atoms with Crippen LogP contribution in [0.3, 0.4) is 0 Å². The molecule has 0 spiro atoms. The second-order valence-corrected chi connectivity index (χ2v) is 14.6. The SMILES string of the molecule is COC(=O)[C@@H]1[C@H]2C[C@H]3c4[nH]c5ccccc5c4CCN3C[C@@H]2CC[C@@H]1O.COc1cc2nc(N3CCN(C(=O)c4ccco4)CC3)nc(N)c2cc1OC. The Labute approximate surface area is 313 Å². The molecule has 54 heavy (non-hydrogen) atoms. The van der Waals surface area contributed by atoms with Crippen LogP contribution in [0.5, 0.6) is 11.5 Å². The number of aliphatic hydroxyl groups is 1. The van der Waals surface area contributed by atoms with Crippen LogP contribution >= 0.6 is 0 Å². The van der Waals surface area contributed by atoms with E-state index in [1.807, 2.05) is 4.90 Å². The Bertz CT molecular complexity index is 2150. The summed E-state index contributed by atoms with van der Waals surface area (Å²) < 4.78 is 20.9. The number of H-pyrrole nitrogens is 1. The maximum Gasteiger partial charge on any atom is 0.311 e. The average Bonchev–Trinajstić information content (AvgIpc) is 3.89. The summed E-state index contributed by atoms with van der Waals surface area (Å²) >= 11 is 0. The summed E-state index contributed by atoms with van der Waals surface area (Å²) in [6, 6.07) is 15.8. The van der Waals surface area contributed by atoms with Gasteiger partial charge in [0.05, 0.1) is 51.2 Å². The molecule has 4 aliphatic rings. The number of aromatic amines is 1. The van der Waals surface area contributed by atoms with Crippen LogP contribution in [0.15, 0.2) is 59.2 Å². The topological polar surface area (TPSA) is 173 Å². The number of methoxy groups -OCH3 is 3. The Morgan fingerprint density at radius 2 is 1.72 bits per heavy atom. The van der Waals surface area contributed by atoms with Gasteiger partial charge in [0, 0.05) is 67.3 Å². The number of nitrogens with one attached hydrogen (secondary N) is 1. The molecule has 9 rings (SSSR count). The van der Waals surface area contributed by atoms with E-state index in [9.17, 15) is 14.7 Å². The molecule has 3 fully saturated rings. The quantitative estimate of drug-likeness (QED) is 0.217. The third-order valence-electron chi connectivity index (χ3n) is 11.8. The molecule has 5 aromatic rings. The number of rotatable bonds is 5. The Hall–Kier alpha value is -5.34. The van der Waals surface area contributed by atoms with Crippen LogP contribution in [0.1, 0.15) is 47.1 Å². The fourth-order valence-electron chi connectivity index (χ4n) is 9.08. The van der Waals surface area contributed by atoms with E-state index in [1.165, 1.54) is 35.5 Å². The van der Waals surface area contributed by atoms with Gasteiger partial charge in [0.1, 0.15) is 5.82 Å². The number of hydrogen-bond donors (Lipinski definition) is 3. The van der Waals surface area contributed by atoms with Crippen LogP contribution in [-0.2, 0) is 16.0 Å². The van der Waals surface area contributed by atoms with E-state index in [0.717, 1.165) is 32.4 Å². The van der Waals surface area contributed by atoms with E-state index < -0.39 is 6.10 Å². The van der Waals surface area contributed by atoms with Gasteiger partial charge in [-0.05, 0) is 67.3 Å². The summed E-state index contributed by atoms with van der Waals surface area (Å²) in [6.45, 7) is 4.40. The van der Waals surface area contributed by atoms with E-state index in [-0.39, 0.29) is 23.7 Å². The van der Waals surface area contributed by atoms with Crippen LogP contribution in [-0.4, -0.2) is 108 Å². The number of esters is 1. The van der Waals surface area contributed by atoms with Gasteiger partial charge in [0.2, 0.25) is 5.95 Å². The molecule has 6 heterocycles. The molecule has 5 atom stereocenters. The number of piperazine rings is 1. The molecule has 2 saturated heterocycles. The first kappa shape index (κ1) is 35.7. The highest BCUT2D eigenvalue weighted by atomic mass is 16.5. The average molecular weight is 738 g/mol. The van der Waals surface area contributed by atoms with Crippen molar-refractivity contribution < 1.29 is 33.3 Å². The molecule has 0 unspecified atom stereocenters. The first-order valence-corrected chi connectivity index (χ1v) is 18.6. The fourth-order valence-corrected chi connectivity index (χ4v) is 9.08. The number of amides is 1. The number of ether oxygens (including phenoxy) is 3. The molecule has 14 nitrogen and oxygen atoms in total. The van der Waals surface area contributed by atoms with Crippen molar-refractivity contribution >= 4 is 45.4 Å². The van der Waals surface area contributed by atoms with E-state index in [4.69, 9.17) is 24.4 Å². The predicted octanol–water partition coefficient (Wildman–Crippen LogP) is 4.43. The van der Waals surface area contributed by atoms with Crippen molar-refractivity contribution in [2.45, 2.75) is 37.8 Å². The number of aliphatic hydroxyl groups excluding tert-OH is 1. The highest BCUT2D eigenvalue weighted by Gasteiger charge is 2.49. The molecule has 14 heteroatoms. The van der Waals surface area contributed by atoms with Crippen LogP contribution in [0, 0.1) is 17.8 Å². The molecule has 3 aliphatic heterocycles. The van der Waals surface area contributed by atoms with Crippen molar-refractivity contribution in [3.05, 3.63) is 71.8 Å². The third-order valence-corrected chi connectivity index (χ3v) is 11.8. The molecule has 1 saturated carbocycles. The highest BCUT2D eigenvalue weighted by molar-refractivity contribution is 5.92. The Morgan fingerprint density at radius 1 is 0.944 bits per heavy atom. The van der Waals surface area contributed by atoms with Gasteiger partial charge in [0.25, 0.3) is 5.91 Å². The maximum atomic E-state index is 12.4. The number of fused-ring (bicyclic) bond motifs is 7. The van der Waals surface area contributed by atoms with E-state index in [0.29, 0.717) is 84.5 Å². The van der Waals surface area contributed by atoms with Crippen LogP contribution in [0.4, 0.5) is 11.8 Å². The minimum absolute atomic E-state index is 0.111. The van der Waals surface area contributed by atoms with Crippen LogP contribution < -0.4 is 20.1 Å². The Kier molecular flexibility index (Phi) is 9.80. The summed E-state index contributed by atoms with van der Waals surface area (Å²) in [6.07, 6.45) is 4.64. The van der Waals surface area contributed by atoms with Gasteiger partial charge < -0.3 is 44.3 Å². The van der Waals surface area contributed by atoms with Gasteiger partial charge >= 0.3 is 5.97 Å². The molecule has 0 bridgehead atoms. The van der Waals surface area contributed by atoms with E-state index >= 15 is 0 Å². The number of nitrogens with two attached hydrogens (primary N) is 1. The summed E-state index contributed by atoms with van der Waals surface area (Å²) in [5, 5.41) is 12.5. The number of nitrogen functional groups attached to an aromatic ring is 1. The fraction of sp³-hybridized carbons (Fsp3) is 0.450. The Balaban J connectivity index is 0.000000153. The zero-order chi connectivity index (χ0) is 37.5. The van der Waals surface area contributed by atoms with Crippen molar-refractivity contribution in [1.29, 1.82) is 0 Å². The summed E-state index contributed by atoms with van der Waals surface area (Å²) in [5.74, 6) is 2.34. The second kappa shape index (κ2) is 14.8. The Morgan fingerprint density at radius 3 is 2.46 bits per heavy atom. The minimum atomic E-state index is -0.568. The number of aromatic nitrogens is 3. The number of furan rings is 1. The van der Waals surface area contributed by atoms with Gasteiger partial charge in [-0.25, -0.2) is 4.98 Å². The molecular formula is C40H47N7O7. The lowest BCUT2D eigenvalue weighted by atomic mass is 9.65. The monoisotopic (exact) mass is 737 g/mol. The normalized spacial score (nSPS) is 23.8. The number of carbonyl (C=O) groups excluding carboxylic acids is 2. The van der Waals surface area contributed by atoms with E-state index in [1.54, 1.807) is 43.4 Å². The summed E-state index contributed by atoms with van der Waals surface area (Å²) in [5.41, 5.74) is 10.8. The molecule has 4 N–H and O–H groups in total. The number of benzene rings is 2. The predicted molar refractivity (Wildman–Crippen MR) is 203 cm³/mol. The zero-order valence-corrected chi connectivity index (χ0v) is 30.9. The van der Waals surface area contributed by atoms with Crippen LogP contribution in [0.25, 0.3) is 21.8 Å². The second-order valence-electron chi connectivity index (χ2n) is 14.6. The van der Waals surface area contributed by atoms with Gasteiger partial charge in [-0.1, -0.05) is 18.2 Å². The first-order valence-electron chi connectivity index (χ1n) is 18.6. The summed E-state index contributed by atoms with van der Waals surface area (Å²) in [7, 11) is 4.58.